The summed E-state index contributed by atoms with van der Waals surface area (Å²) in [6.07, 6.45) is 1.76. The van der Waals surface area contributed by atoms with Crippen molar-refractivity contribution in [3.63, 3.8) is 0 Å². The number of aliphatic hydroxyl groups excluding tert-OH is 1. The van der Waals surface area contributed by atoms with Crippen LogP contribution in [-0.2, 0) is 0 Å². The lowest BCUT2D eigenvalue weighted by atomic mass is 9.82. The fraction of sp³-hybridized carbons (Fsp3) is 0.259. The van der Waals surface area contributed by atoms with Crippen LogP contribution < -0.4 is 5.32 Å². The number of hydrogen-bond donors (Lipinski definition) is 2. The van der Waals surface area contributed by atoms with Gasteiger partial charge < -0.3 is 15.3 Å². The summed E-state index contributed by atoms with van der Waals surface area (Å²) in [6, 6.07) is 18.5. The molecule has 33 heavy (non-hydrogen) atoms. The van der Waals surface area contributed by atoms with E-state index in [1.54, 1.807) is 18.3 Å². The Kier molecular flexibility index (Phi) is 4.67. The maximum Gasteiger partial charge on any atom is 0.253 e. The first-order chi connectivity index (χ1) is 16.1. The first kappa shape index (κ1) is 20.3. The second kappa shape index (κ2) is 7.61. The Balaban J connectivity index is 1.29. The maximum absolute atomic E-state index is 14.2. The number of aromatic nitrogens is 1. The molecule has 3 heterocycles. The van der Waals surface area contributed by atoms with E-state index in [4.69, 9.17) is 0 Å². The predicted octanol–water partition coefficient (Wildman–Crippen LogP) is 3.85. The Morgan fingerprint density at radius 1 is 1.12 bits per heavy atom. The van der Waals surface area contributed by atoms with Gasteiger partial charge in [0.05, 0.1) is 12.1 Å². The summed E-state index contributed by atoms with van der Waals surface area (Å²) >= 11 is 0. The van der Waals surface area contributed by atoms with Crippen molar-refractivity contribution < 1.29 is 14.3 Å². The zero-order chi connectivity index (χ0) is 22.6. The number of benzene rings is 3. The first-order valence-electron chi connectivity index (χ1n) is 11.3. The lowest BCUT2D eigenvalue weighted by Gasteiger charge is -2.25. The molecule has 1 amide bonds. The van der Waals surface area contributed by atoms with Crippen LogP contribution in [0, 0.1) is 17.2 Å². The van der Waals surface area contributed by atoms with E-state index in [-0.39, 0.29) is 23.7 Å². The quantitative estimate of drug-likeness (QED) is 0.507. The number of aliphatic hydroxyl groups is 1. The lowest BCUT2D eigenvalue weighted by molar-refractivity contribution is 0.0745. The van der Waals surface area contributed by atoms with Crippen LogP contribution in [0.1, 0.15) is 10.4 Å². The van der Waals surface area contributed by atoms with E-state index in [1.807, 2.05) is 47.4 Å². The molecule has 0 unspecified atom stereocenters. The molecule has 0 radical (unpaired) electrons. The summed E-state index contributed by atoms with van der Waals surface area (Å²) in [6.45, 7) is 2.96. The summed E-state index contributed by atoms with van der Waals surface area (Å²) in [5.74, 6) is 0.0304. The fourth-order valence-electron chi connectivity index (χ4n) is 5.41. The van der Waals surface area contributed by atoms with Crippen molar-refractivity contribution in [2.24, 2.45) is 11.3 Å². The highest BCUT2D eigenvalue weighted by atomic mass is 19.1. The summed E-state index contributed by atoms with van der Waals surface area (Å²) in [5, 5.41) is 15.8. The molecule has 6 heteroatoms. The SMILES string of the molecule is O=C(c1ccc2cc(-c3cnc4cccc(F)c4c3)ccc2c1)N1C[C@@H]2CNC[C@]2(CO)C1. The molecule has 166 valence electrons. The van der Waals surface area contributed by atoms with Crippen molar-refractivity contribution in [1.82, 2.24) is 15.2 Å². The molecular formula is C27H24FN3O2. The minimum atomic E-state index is -0.282. The van der Waals surface area contributed by atoms with Gasteiger partial charge in [-0.2, -0.15) is 0 Å². The summed E-state index contributed by atoms with van der Waals surface area (Å²) in [4.78, 5) is 19.5. The van der Waals surface area contributed by atoms with Gasteiger partial charge in [0.2, 0.25) is 0 Å². The van der Waals surface area contributed by atoms with Crippen LogP contribution in [0.2, 0.25) is 0 Å². The highest BCUT2D eigenvalue weighted by molar-refractivity contribution is 5.99. The number of hydrogen-bond acceptors (Lipinski definition) is 4. The van der Waals surface area contributed by atoms with Gasteiger partial charge in [0.25, 0.3) is 5.91 Å². The van der Waals surface area contributed by atoms with Crippen molar-refractivity contribution in [2.75, 3.05) is 32.8 Å². The van der Waals surface area contributed by atoms with Crippen LogP contribution >= 0.6 is 0 Å². The second-order valence-electron chi connectivity index (χ2n) is 9.34. The van der Waals surface area contributed by atoms with Crippen LogP contribution in [0.5, 0.6) is 0 Å². The minimum absolute atomic E-state index is 0.0115. The number of rotatable bonds is 3. The zero-order valence-corrected chi connectivity index (χ0v) is 18.1. The van der Waals surface area contributed by atoms with Crippen LogP contribution in [0.15, 0.2) is 66.9 Å². The smallest absolute Gasteiger partial charge is 0.253 e. The first-order valence-corrected chi connectivity index (χ1v) is 11.3. The number of carbonyl (C=O) groups excluding carboxylic acids is 1. The second-order valence-corrected chi connectivity index (χ2v) is 9.34. The molecule has 0 bridgehead atoms. The summed E-state index contributed by atoms with van der Waals surface area (Å²) in [5.41, 5.74) is 2.87. The molecule has 2 aliphatic heterocycles. The number of likely N-dealkylation sites (tertiary alicyclic amines) is 1. The summed E-state index contributed by atoms with van der Waals surface area (Å²) < 4.78 is 14.2. The van der Waals surface area contributed by atoms with E-state index in [1.165, 1.54) is 6.07 Å². The van der Waals surface area contributed by atoms with Gasteiger partial charge in [0, 0.05) is 54.3 Å². The van der Waals surface area contributed by atoms with Crippen LogP contribution in [0.25, 0.3) is 32.8 Å². The van der Waals surface area contributed by atoms with Crippen LogP contribution in [-0.4, -0.2) is 53.7 Å². The highest BCUT2D eigenvalue weighted by Crippen LogP contribution is 2.39. The van der Waals surface area contributed by atoms with E-state index in [0.29, 0.717) is 35.5 Å². The molecule has 5 nitrogen and oxygen atoms in total. The van der Waals surface area contributed by atoms with Gasteiger partial charge in [0.1, 0.15) is 5.82 Å². The third kappa shape index (κ3) is 3.29. The Bertz CT molecular complexity index is 1410. The van der Waals surface area contributed by atoms with Gasteiger partial charge in [-0.25, -0.2) is 4.39 Å². The molecule has 0 saturated carbocycles. The molecular weight excluding hydrogens is 417 g/mol. The van der Waals surface area contributed by atoms with Gasteiger partial charge in [-0.3, -0.25) is 9.78 Å². The predicted molar refractivity (Wildman–Crippen MR) is 126 cm³/mol. The average molecular weight is 442 g/mol. The summed E-state index contributed by atoms with van der Waals surface area (Å²) in [7, 11) is 0. The maximum atomic E-state index is 14.2. The number of amides is 1. The molecule has 6 rings (SSSR count). The van der Waals surface area contributed by atoms with Crippen molar-refractivity contribution in [2.45, 2.75) is 0 Å². The van der Waals surface area contributed by atoms with Gasteiger partial charge in [0.15, 0.2) is 0 Å². The standard InChI is InChI=1S/C27H24FN3O2/c28-24-2-1-3-25-23(24)10-21(11-30-25)19-5-4-18-9-20(7-6-17(18)8-19)26(33)31-13-22-12-29-14-27(22,15-31)16-32/h1-11,22,29,32H,12-16H2/t22-,27+/m0/s1. The normalized spacial score (nSPS) is 22.2. The number of carbonyl (C=O) groups is 1. The average Bonchev–Trinajstić information content (AvgIpc) is 3.41. The van der Waals surface area contributed by atoms with Crippen LogP contribution in [0.3, 0.4) is 0 Å². The van der Waals surface area contributed by atoms with Gasteiger partial charge in [-0.1, -0.05) is 24.3 Å². The lowest BCUT2D eigenvalue weighted by Crippen LogP contribution is -2.37. The van der Waals surface area contributed by atoms with Gasteiger partial charge in [-0.05, 0) is 58.7 Å². The minimum Gasteiger partial charge on any atom is -0.396 e. The van der Waals surface area contributed by atoms with E-state index in [9.17, 15) is 14.3 Å². The number of nitrogens with zero attached hydrogens (tertiary/aromatic N) is 2. The highest BCUT2D eigenvalue weighted by Gasteiger charge is 2.50. The molecule has 2 saturated heterocycles. The Morgan fingerprint density at radius 2 is 1.97 bits per heavy atom. The molecule has 2 N–H and O–H groups in total. The molecule has 3 aromatic carbocycles. The fourth-order valence-corrected chi connectivity index (χ4v) is 5.41. The molecule has 4 aromatic rings. The van der Waals surface area contributed by atoms with E-state index in [0.717, 1.165) is 35.0 Å². The van der Waals surface area contributed by atoms with Crippen molar-refractivity contribution >= 4 is 27.6 Å². The number of pyridine rings is 1. The molecule has 0 aliphatic carbocycles. The zero-order valence-electron chi connectivity index (χ0n) is 18.1. The van der Waals surface area contributed by atoms with Gasteiger partial charge >= 0.3 is 0 Å². The Hall–Kier alpha value is -3.35. The third-order valence-corrected chi connectivity index (χ3v) is 7.38. The Morgan fingerprint density at radius 3 is 2.82 bits per heavy atom. The van der Waals surface area contributed by atoms with Crippen molar-refractivity contribution in [1.29, 1.82) is 0 Å². The topological polar surface area (TPSA) is 65.5 Å². The van der Waals surface area contributed by atoms with Crippen molar-refractivity contribution in [3.05, 3.63) is 78.2 Å². The molecule has 2 fully saturated rings. The third-order valence-electron chi connectivity index (χ3n) is 7.38. The molecule has 2 atom stereocenters. The van der Waals surface area contributed by atoms with E-state index >= 15 is 0 Å². The molecule has 2 aliphatic rings. The van der Waals surface area contributed by atoms with E-state index in [2.05, 4.69) is 10.3 Å². The number of fused-ring (bicyclic) bond motifs is 3. The van der Waals surface area contributed by atoms with E-state index < -0.39 is 0 Å². The monoisotopic (exact) mass is 441 g/mol. The Labute approximate surface area is 190 Å². The largest absolute Gasteiger partial charge is 0.396 e. The molecule has 1 aromatic heterocycles. The number of halogens is 1. The molecule has 0 spiro atoms. The van der Waals surface area contributed by atoms with Gasteiger partial charge in [-0.15, -0.1) is 0 Å². The van der Waals surface area contributed by atoms with Crippen molar-refractivity contribution in [3.8, 4) is 11.1 Å². The number of nitrogens with one attached hydrogen (secondary N) is 1. The van der Waals surface area contributed by atoms with Crippen LogP contribution in [0.4, 0.5) is 4.39 Å².